The van der Waals surface area contributed by atoms with E-state index in [1.165, 1.54) is 0 Å². The van der Waals surface area contributed by atoms with Gasteiger partial charge in [-0.15, -0.1) is 0 Å². The van der Waals surface area contributed by atoms with Crippen molar-refractivity contribution in [3.05, 3.63) is 63.6 Å². The van der Waals surface area contributed by atoms with E-state index in [1.807, 2.05) is 56.3 Å². The highest BCUT2D eigenvalue weighted by molar-refractivity contribution is 9.10. The zero-order valence-electron chi connectivity index (χ0n) is 10.3. The van der Waals surface area contributed by atoms with Crippen molar-refractivity contribution in [2.45, 2.75) is 13.8 Å². The van der Waals surface area contributed by atoms with Crippen LogP contribution in [-0.2, 0) is 0 Å². The normalized spacial score (nSPS) is 10.2. The van der Waals surface area contributed by atoms with Crippen LogP contribution in [0.3, 0.4) is 0 Å². The topological polar surface area (TPSA) is 29.1 Å². The molecule has 0 fully saturated rings. The summed E-state index contributed by atoms with van der Waals surface area (Å²) in [6, 6.07) is 13.4. The van der Waals surface area contributed by atoms with E-state index in [2.05, 4.69) is 21.2 Å². The van der Waals surface area contributed by atoms with E-state index in [0.29, 0.717) is 5.56 Å². The van der Waals surface area contributed by atoms with Crippen LogP contribution in [0.15, 0.2) is 46.9 Å². The Kier molecular flexibility index (Phi) is 3.82. The number of carbonyl (C=O) groups is 1. The number of benzene rings is 2. The van der Waals surface area contributed by atoms with Gasteiger partial charge in [0, 0.05) is 15.7 Å². The summed E-state index contributed by atoms with van der Waals surface area (Å²) in [6.07, 6.45) is 0. The highest BCUT2D eigenvalue weighted by Gasteiger charge is 2.07. The second kappa shape index (κ2) is 5.36. The standard InChI is InChI=1S/C15H14BrNO/c1-10-4-3-5-12(8-10)15(18)17-14-9-13(16)7-6-11(14)2/h3-9H,1-2H3,(H,17,18). The van der Waals surface area contributed by atoms with Gasteiger partial charge < -0.3 is 5.32 Å². The lowest BCUT2D eigenvalue weighted by atomic mass is 10.1. The molecule has 0 aliphatic rings. The van der Waals surface area contributed by atoms with Gasteiger partial charge in [-0.2, -0.15) is 0 Å². The van der Waals surface area contributed by atoms with Crippen LogP contribution in [0.2, 0.25) is 0 Å². The third-order valence-corrected chi connectivity index (χ3v) is 3.22. The van der Waals surface area contributed by atoms with Crippen LogP contribution in [0.4, 0.5) is 5.69 Å². The molecular weight excluding hydrogens is 290 g/mol. The van der Waals surface area contributed by atoms with Crippen LogP contribution >= 0.6 is 15.9 Å². The lowest BCUT2D eigenvalue weighted by molar-refractivity contribution is 0.102. The van der Waals surface area contributed by atoms with E-state index < -0.39 is 0 Å². The van der Waals surface area contributed by atoms with E-state index in [-0.39, 0.29) is 5.91 Å². The molecule has 2 rings (SSSR count). The maximum absolute atomic E-state index is 12.1. The number of hydrogen-bond donors (Lipinski definition) is 1. The van der Waals surface area contributed by atoms with E-state index in [0.717, 1.165) is 21.3 Å². The molecule has 1 N–H and O–H groups in total. The summed E-state index contributed by atoms with van der Waals surface area (Å²) in [5.74, 6) is -0.0834. The highest BCUT2D eigenvalue weighted by Crippen LogP contribution is 2.21. The number of rotatable bonds is 2. The molecule has 0 atom stereocenters. The van der Waals surface area contributed by atoms with Crippen LogP contribution in [0.1, 0.15) is 21.5 Å². The Morgan fingerprint density at radius 2 is 1.89 bits per heavy atom. The number of halogens is 1. The van der Waals surface area contributed by atoms with Gasteiger partial charge in [0.15, 0.2) is 0 Å². The maximum atomic E-state index is 12.1. The van der Waals surface area contributed by atoms with Crippen molar-refractivity contribution in [2.24, 2.45) is 0 Å². The Morgan fingerprint density at radius 3 is 2.61 bits per heavy atom. The molecule has 0 spiro atoms. The van der Waals surface area contributed by atoms with Crippen LogP contribution < -0.4 is 5.32 Å². The molecule has 0 saturated heterocycles. The summed E-state index contributed by atoms with van der Waals surface area (Å²) in [6.45, 7) is 3.94. The van der Waals surface area contributed by atoms with E-state index in [9.17, 15) is 4.79 Å². The number of amides is 1. The number of carbonyl (C=O) groups excluding carboxylic acids is 1. The lowest BCUT2D eigenvalue weighted by Gasteiger charge is -2.09. The average molecular weight is 304 g/mol. The summed E-state index contributed by atoms with van der Waals surface area (Å²) in [5.41, 5.74) is 3.62. The third-order valence-electron chi connectivity index (χ3n) is 2.73. The Morgan fingerprint density at radius 1 is 1.11 bits per heavy atom. The van der Waals surface area contributed by atoms with Crippen LogP contribution in [-0.4, -0.2) is 5.91 Å². The van der Waals surface area contributed by atoms with Gasteiger partial charge in [-0.3, -0.25) is 4.79 Å². The van der Waals surface area contributed by atoms with Gasteiger partial charge >= 0.3 is 0 Å². The smallest absolute Gasteiger partial charge is 0.255 e. The third kappa shape index (κ3) is 2.99. The number of aryl methyl sites for hydroxylation is 2. The Labute approximate surface area is 115 Å². The van der Waals surface area contributed by atoms with Gasteiger partial charge in [-0.1, -0.05) is 39.7 Å². The van der Waals surface area contributed by atoms with Crippen molar-refractivity contribution in [1.82, 2.24) is 0 Å². The minimum atomic E-state index is -0.0834. The molecule has 0 unspecified atom stereocenters. The van der Waals surface area contributed by atoms with Crippen molar-refractivity contribution in [3.8, 4) is 0 Å². The quantitative estimate of drug-likeness (QED) is 0.879. The second-order valence-corrected chi connectivity index (χ2v) is 5.20. The fourth-order valence-electron chi connectivity index (χ4n) is 1.71. The van der Waals surface area contributed by atoms with Crippen molar-refractivity contribution in [1.29, 1.82) is 0 Å². The molecule has 2 nitrogen and oxygen atoms in total. The molecule has 0 radical (unpaired) electrons. The first kappa shape index (κ1) is 12.8. The van der Waals surface area contributed by atoms with Crippen LogP contribution in [0, 0.1) is 13.8 Å². The molecule has 0 aliphatic carbocycles. The van der Waals surface area contributed by atoms with Gasteiger partial charge in [0.2, 0.25) is 0 Å². The first-order valence-electron chi connectivity index (χ1n) is 5.70. The predicted molar refractivity (Wildman–Crippen MR) is 78.0 cm³/mol. The van der Waals surface area contributed by atoms with Crippen LogP contribution in [0.25, 0.3) is 0 Å². The van der Waals surface area contributed by atoms with E-state index in [1.54, 1.807) is 0 Å². The van der Waals surface area contributed by atoms with Crippen molar-refractivity contribution in [3.63, 3.8) is 0 Å². The van der Waals surface area contributed by atoms with Crippen molar-refractivity contribution >= 4 is 27.5 Å². The molecule has 92 valence electrons. The Balaban J connectivity index is 2.24. The fourth-order valence-corrected chi connectivity index (χ4v) is 2.07. The molecule has 2 aromatic carbocycles. The monoisotopic (exact) mass is 303 g/mol. The van der Waals surface area contributed by atoms with E-state index >= 15 is 0 Å². The summed E-state index contributed by atoms with van der Waals surface area (Å²) in [7, 11) is 0. The van der Waals surface area contributed by atoms with Crippen molar-refractivity contribution < 1.29 is 4.79 Å². The molecule has 0 heterocycles. The lowest BCUT2D eigenvalue weighted by Crippen LogP contribution is -2.12. The van der Waals surface area contributed by atoms with E-state index in [4.69, 9.17) is 0 Å². The second-order valence-electron chi connectivity index (χ2n) is 4.28. The molecular formula is C15H14BrNO. The van der Waals surface area contributed by atoms with Crippen molar-refractivity contribution in [2.75, 3.05) is 5.32 Å². The minimum Gasteiger partial charge on any atom is -0.322 e. The van der Waals surface area contributed by atoms with Gasteiger partial charge in [-0.25, -0.2) is 0 Å². The predicted octanol–water partition coefficient (Wildman–Crippen LogP) is 4.32. The number of anilines is 1. The molecule has 1 amide bonds. The molecule has 0 aromatic heterocycles. The fraction of sp³-hybridized carbons (Fsp3) is 0.133. The summed E-state index contributed by atoms with van der Waals surface area (Å²) in [5, 5.41) is 2.93. The zero-order valence-corrected chi connectivity index (χ0v) is 11.9. The Hall–Kier alpha value is -1.61. The van der Waals surface area contributed by atoms with Crippen LogP contribution in [0.5, 0.6) is 0 Å². The molecule has 18 heavy (non-hydrogen) atoms. The summed E-state index contributed by atoms with van der Waals surface area (Å²) in [4.78, 5) is 12.1. The SMILES string of the molecule is Cc1cccc(C(=O)Nc2cc(Br)ccc2C)c1. The summed E-state index contributed by atoms with van der Waals surface area (Å²) < 4.78 is 0.952. The average Bonchev–Trinajstić information content (AvgIpc) is 2.34. The molecule has 0 saturated carbocycles. The molecule has 2 aromatic rings. The molecule has 0 bridgehead atoms. The number of nitrogens with one attached hydrogen (secondary N) is 1. The van der Waals surface area contributed by atoms with Gasteiger partial charge in [0.1, 0.15) is 0 Å². The first-order valence-corrected chi connectivity index (χ1v) is 6.50. The molecule has 0 aliphatic heterocycles. The maximum Gasteiger partial charge on any atom is 0.255 e. The highest BCUT2D eigenvalue weighted by atomic mass is 79.9. The molecule has 3 heteroatoms. The van der Waals surface area contributed by atoms with Gasteiger partial charge in [-0.05, 0) is 43.7 Å². The zero-order chi connectivity index (χ0) is 13.1. The summed E-state index contributed by atoms with van der Waals surface area (Å²) >= 11 is 3.40. The Bertz CT molecular complexity index is 593. The largest absolute Gasteiger partial charge is 0.322 e. The van der Waals surface area contributed by atoms with Gasteiger partial charge in [0.05, 0.1) is 0 Å². The minimum absolute atomic E-state index is 0.0834. The number of hydrogen-bond acceptors (Lipinski definition) is 1. The van der Waals surface area contributed by atoms with Gasteiger partial charge in [0.25, 0.3) is 5.91 Å². The first-order chi connectivity index (χ1) is 8.56.